The summed E-state index contributed by atoms with van der Waals surface area (Å²) in [6, 6.07) is 10.9. The number of hydrogen-bond donors (Lipinski definition) is 2. The Morgan fingerprint density at radius 3 is 2.37 bits per heavy atom. The molecule has 1 unspecified atom stereocenters. The zero-order chi connectivity index (χ0) is 19.6. The second kappa shape index (κ2) is 7.59. The standard InChI is InChI=1S/C19H14ClFN2O4/c1-10(22-18(24)12-2-6-13(20)7-3-12)15-16(23-27-17(15)19(25)26)11-4-8-14(21)9-5-11/h2-10H,1H3,(H,22,24)(H,25,26). The highest BCUT2D eigenvalue weighted by molar-refractivity contribution is 6.30. The molecule has 0 fully saturated rings. The fourth-order valence-corrected chi connectivity index (χ4v) is 2.75. The zero-order valence-electron chi connectivity index (χ0n) is 14.1. The molecule has 1 amide bonds. The van der Waals surface area contributed by atoms with Gasteiger partial charge in [-0.05, 0) is 55.5 Å². The molecule has 0 aliphatic carbocycles. The van der Waals surface area contributed by atoms with Crippen LogP contribution in [0.4, 0.5) is 4.39 Å². The lowest BCUT2D eigenvalue weighted by molar-refractivity contribution is 0.0648. The van der Waals surface area contributed by atoms with Gasteiger partial charge in [0.15, 0.2) is 0 Å². The summed E-state index contributed by atoms with van der Waals surface area (Å²) in [5, 5.41) is 16.4. The van der Waals surface area contributed by atoms with Crippen molar-refractivity contribution in [3.8, 4) is 11.3 Å². The van der Waals surface area contributed by atoms with Gasteiger partial charge in [-0.3, -0.25) is 4.79 Å². The van der Waals surface area contributed by atoms with Gasteiger partial charge >= 0.3 is 5.97 Å². The summed E-state index contributed by atoms with van der Waals surface area (Å²) in [6.45, 7) is 1.61. The van der Waals surface area contributed by atoms with Crippen molar-refractivity contribution in [1.82, 2.24) is 10.5 Å². The molecule has 0 aliphatic heterocycles. The molecule has 0 bridgehead atoms. The Bertz CT molecular complexity index is 984. The second-order valence-corrected chi connectivity index (χ2v) is 6.22. The van der Waals surface area contributed by atoms with Crippen LogP contribution in [0.15, 0.2) is 53.1 Å². The van der Waals surface area contributed by atoms with Crippen LogP contribution in [0.25, 0.3) is 11.3 Å². The SMILES string of the molecule is CC(NC(=O)c1ccc(Cl)cc1)c1c(-c2ccc(F)cc2)noc1C(=O)O. The van der Waals surface area contributed by atoms with E-state index in [9.17, 15) is 19.1 Å². The van der Waals surface area contributed by atoms with Crippen molar-refractivity contribution in [2.24, 2.45) is 0 Å². The number of nitrogens with one attached hydrogen (secondary N) is 1. The highest BCUT2D eigenvalue weighted by Crippen LogP contribution is 2.31. The largest absolute Gasteiger partial charge is 0.475 e. The van der Waals surface area contributed by atoms with Crippen molar-refractivity contribution in [1.29, 1.82) is 0 Å². The quantitative estimate of drug-likeness (QED) is 0.678. The first-order valence-corrected chi connectivity index (χ1v) is 8.30. The first-order valence-electron chi connectivity index (χ1n) is 7.92. The van der Waals surface area contributed by atoms with Crippen LogP contribution in [0.2, 0.25) is 5.02 Å². The summed E-state index contributed by atoms with van der Waals surface area (Å²) < 4.78 is 18.1. The van der Waals surface area contributed by atoms with Crippen LogP contribution in [0.5, 0.6) is 0 Å². The van der Waals surface area contributed by atoms with Gasteiger partial charge in [0.25, 0.3) is 5.91 Å². The molecule has 8 heteroatoms. The van der Waals surface area contributed by atoms with Crippen LogP contribution in [-0.2, 0) is 0 Å². The molecule has 1 heterocycles. The number of halogens is 2. The molecule has 27 heavy (non-hydrogen) atoms. The second-order valence-electron chi connectivity index (χ2n) is 5.79. The molecule has 3 aromatic rings. The summed E-state index contributed by atoms with van der Waals surface area (Å²) in [4.78, 5) is 23.9. The molecule has 0 saturated heterocycles. The van der Waals surface area contributed by atoms with Gasteiger partial charge in [-0.25, -0.2) is 9.18 Å². The predicted molar refractivity (Wildman–Crippen MR) is 96.2 cm³/mol. The Morgan fingerprint density at radius 1 is 1.15 bits per heavy atom. The Morgan fingerprint density at radius 2 is 1.78 bits per heavy atom. The monoisotopic (exact) mass is 388 g/mol. The number of rotatable bonds is 5. The molecule has 2 aromatic carbocycles. The number of carbonyl (C=O) groups excluding carboxylic acids is 1. The third-order valence-corrected chi connectivity index (χ3v) is 4.18. The van der Waals surface area contributed by atoms with Crippen molar-refractivity contribution < 1.29 is 23.6 Å². The van der Waals surface area contributed by atoms with E-state index in [0.717, 1.165) is 0 Å². The van der Waals surface area contributed by atoms with E-state index in [-0.39, 0.29) is 11.3 Å². The summed E-state index contributed by atoms with van der Waals surface area (Å²) in [5.41, 5.74) is 1.24. The number of aromatic carboxylic acids is 1. The molecular formula is C19H14ClFN2O4. The fourth-order valence-electron chi connectivity index (χ4n) is 2.62. The normalized spacial score (nSPS) is 11.8. The van der Waals surface area contributed by atoms with Gasteiger partial charge in [0.1, 0.15) is 11.5 Å². The number of hydrogen-bond acceptors (Lipinski definition) is 4. The number of nitrogens with zero attached hydrogens (tertiary/aromatic N) is 1. The molecule has 1 aromatic heterocycles. The maximum Gasteiger partial charge on any atom is 0.375 e. The number of aromatic nitrogens is 1. The molecule has 0 radical (unpaired) electrons. The Labute approximate surface area is 158 Å². The minimum atomic E-state index is -1.32. The van der Waals surface area contributed by atoms with E-state index in [2.05, 4.69) is 10.5 Å². The Balaban J connectivity index is 1.95. The van der Waals surface area contributed by atoms with Crippen LogP contribution in [0.3, 0.4) is 0 Å². The van der Waals surface area contributed by atoms with Gasteiger partial charge in [-0.1, -0.05) is 16.8 Å². The van der Waals surface area contributed by atoms with E-state index >= 15 is 0 Å². The average Bonchev–Trinajstić information content (AvgIpc) is 3.08. The third-order valence-electron chi connectivity index (χ3n) is 3.93. The first-order chi connectivity index (χ1) is 12.9. The van der Waals surface area contributed by atoms with E-state index < -0.39 is 29.5 Å². The fraction of sp³-hybridized carbons (Fsp3) is 0.105. The summed E-state index contributed by atoms with van der Waals surface area (Å²) in [5.74, 6) is -2.57. The van der Waals surface area contributed by atoms with E-state index in [1.165, 1.54) is 24.3 Å². The molecule has 0 saturated carbocycles. The van der Waals surface area contributed by atoms with Crippen LogP contribution in [0.1, 0.15) is 39.4 Å². The van der Waals surface area contributed by atoms with Crippen LogP contribution >= 0.6 is 11.6 Å². The molecular weight excluding hydrogens is 375 g/mol. The minimum absolute atomic E-state index is 0.191. The van der Waals surface area contributed by atoms with E-state index in [0.29, 0.717) is 16.1 Å². The lowest BCUT2D eigenvalue weighted by atomic mass is 10.00. The maximum atomic E-state index is 13.2. The van der Waals surface area contributed by atoms with Crippen molar-refractivity contribution >= 4 is 23.5 Å². The lowest BCUT2D eigenvalue weighted by Gasteiger charge is -2.14. The molecule has 6 nitrogen and oxygen atoms in total. The van der Waals surface area contributed by atoms with Crippen molar-refractivity contribution in [2.45, 2.75) is 13.0 Å². The topological polar surface area (TPSA) is 92.4 Å². The van der Waals surface area contributed by atoms with Crippen molar-refractivity contribution in [2.75, 3.05) is 0 Å². The molecule has 1 atom stereocenters. The lowest BCUT2D eigenvalue weighted by Crippen LogP contribution is -2.27. The van der Waals surface area contributed by atoms with Gasteiger partial charge in [-0.2, -0.15) is 0 Å². The number of carboxylic acid groups (broad SMARTS) is 1. The Hall–Kier alpha value is -3.19. The van der Waals surface area contributed by atoms with E-state index in [1.54, 1.807) is 31.2 Å². The van der Waals surface area contributed by atoms with Crippen molar-refractivity contribution in [3.05, 3.63) is 76.3 Å². The smallest absolute Gasteiger partial charge is 0.375 e. The first kappa shape index (κ1) is 18.6. The van der Waals surface area contributed by atoms with Crippen LogP contribution in [-0.4, -0.2) is 22.1 Å². The number of amides is 1. The molecule has 138 valence electrons. The predicted octanol–water partition coefficient (Wildman–Crippen LogP) is 4.32. The maximum absolute atomic E-state index is 13.2. The van der Waals surface area contributed by atoms with Gasteiger partial charge in [0.05, 0.1) is 11.6 Å². The van der Waals surface area contributed by atoms with Crippen LogP contribution in [0, 0.1) is 5.82 Å². The average molecular weight is 389 g/mol. The molecule has 0 aliphatic rings. The highest BCUT2D eigenvalue weighted by Gasteiger charge is 2.28. The molecule has 0 spiro atoms. The minimum Gasteiger partial charge on any atom is -0.475 e. The number of benzene rings is 2. The number of carbonyl (C=O) groups is 2. The zero-order valence-corrected chi connectivity index (χ0v) is 14.8. The number of carboxylic acids is 1. The highest BCUT2D eigenvalue weighted by atomic mass is 35.5. The van der Waals surface area contributed by atoms with Gasteiger partial charge in [0, 0.05) is 16.1 Å². The summed E-state index contributed by atoms with van der Waals surface area (Å²) in [7, 11) is 0. The van der Waals surface area contributed by atoms with Crippen LogP contribution < -0.4 is 5.32 Å². The van der Waals surface area contributed by atoms with E-state index in [4.69, 9.17) is 16.1 Å². The summed E-state index contributed by atoms with van der Waals surface area (Å²) in [6.07, 6.45) is 0. The summed E-state index contributed by atoms with van der Waals surface area (Å²) >= 11 is 5.81. The van der Waals surface area contributed by atoms with Crippen molar-refractivity contribution in [3.63, 3.8) is 0 Å². The molecule has 2 N–H and O–H groups in total. The van der Waals surface area contributed by atoms with Gasteiger partial charge in [0.2, 0.25) is 5.76 Å². The third kappa shape index (κ3) is 3.98. The van der Waals surface area contributed by atoms with Gasteiger partial charge in [-0.15, -0.1) is 0 Å². The van der Waals surface area contributed by atoms with Gasteiger partial charge < -0.3 is 14.9 Å². The van der Waals surface area contributed by atoms with E-state index in [1.807, 2.05) is 0 Å². The molecule has 3 rings (SSSR count). The Kier molecular flexibility index (Phi) is 5.23.